The summed E-state index contributed by atoms with van der Waals surface area (Å²) in [6, 6.07) is 0.0696. The lowest BCUT2D eigenvalue weighted by Crippen LogP contribution is -2.52. The van der Waals surface area contributed by atoms with Gasteiger partial charge in [0.05, 0.1) is 0 Å². The molecular formula is C10H21N5O. The van der Waals surface area contributed by atoms with Crippen LogP contribution in [0.25, 0.3) is 0 Å². The van der Waals surface area contributed by atoms with Crippen LogP contribution in [0.1, 0.15) is 0 Å². The Morgan fingerprint density at radius 1 is 1.25 bits per heavy atom. The summed E-state index contributed by atoms with van der Waals surface area (Å²) in [5.74, 6) is 0. The normalized spacial score (nSPS) is 23.8. The minimum atomic E-state index is 0.0696. The van der Waals surface area contributed by atoms with Crippen molar-refractivity contribution in [2.75, 3.05) is 59.4 Å². The number of hydrogen-bond acceptors (Lipinski definition) is 4. The molecule has 6 heteroatoms. The van der Waals surface area contributed by atoms with E-state index < -0.39 is 0 Å². The largest absolute Gasteiger partial charge is 0.336 e. The molecule has 92 valence electrons. The molecule has 6 nitrogen and oxygen atoms in total. The maximum atomic E-state index is 11.3. The lowest BCUT2D eigenvalue weighted by molar-refractivity contribution is 0.101. The summed E-state index contributed by atoms with van der Waals surface area (Å²) >= 11 is 0. The molecule has 0 bridgehead atoms. The summed E-state index contributed by atoms with van der Waals surface area (Å²) in [4.78, 5) is 15.4. The highest BCUT2D eigenvalue weighted by atomic mass is 16.2. The van der Waals surface area contributed by atoms with Crippen molar-refractivity contribution in [2.45, 2.75) is 0 Å². The average Bonchev–Trinajstić information content (AvgIpc) is 2.68. The number of carbonyl (C=O) groups is 1. The highest BCUT2D eigenvalue weighted by molar-refractivity contribution is 5.76. The quantitative estimate of drug-likeness (QED) is 0.631. The summed E-state index contributed by atoms with van der Waals surface area (Å²) < 4.78 is 0. The molecule has 0 unspecified atom stereocenters. The maximum Gasteiger partial charge on any atom is 0.317 e. The fourth-order valence-corrected chi connectivity index (χ4v) is 2.03. The van der Waals surface area contributed by atoms with Gasteiger partial charge in [-0.3, -0.25) is 5.43 Å². The van der Waals surface area contributed by atoms with E-state index in [1.54, 1.807) is 0 Å². The zero-order valence-corrected chi connectivity index (χ0v) is 9.91. The first-order valence-electron chi connectivity index (χ1n) is 5.95. The molecule has 2 aliphatic rings. The number of nitrogens with one attached hydrogen (secondary N) is 2. The first-order chi connectivity index (χ1) is 7.75. The van der Waals surface area contributed by atoms with Gasteiger partial charge in [-0.15, -0.1) is 0 Å². The molecule has 0 saturated carbocycles. The Kier molecular flexibility index (Phi) is 3.98. The van der Waals surface area contributed by atoms with Crippen molar-refractivity contribution in [3.8, 4) is 0 Å². The third-order valence-corrected chi connectivity index (χ3v) is 3.17. The molecule has 0 radical (unpaired) electrons. The molecule has 2 fully saturated rings. The molecular weight excluding hydrogens is 206 g/mol. The second-order valence-electron chi connectivity index (χ2n) is 4.42. The average molecular weight is 227 g/mol. The number of amides is 2. The fraction of sp³-hybridized carbons (Fsp3) is 0.900. The first kappa shape index (κ1) is 11.6. The van der Waals surface area contributed by atoms with Gasteiger partial charge in [0.2, 0.25) is 0 Å². The highest BCUT2D eigenvalue weighted by Crippen LogP contribution is 1.97. The van der Waals surface area contributed by atoms with E-state index in [9.17, 15) is 4.79 Å². The molecule has 2 heterocycles. The van der Waals surface area contributed by atoms with Gasteiger partial charge in [0.1, 0.15) is 0 Å². The molecule has 0 aromatic heterocycles. The van der Waals surface area contributed by atoms with Crippen LogP contribution >= 0.6 is 0 Å². The van der Waals surface area contributed by atoms with Gasteiger partial charge in [-0.1, -0.05) is 0 Å². The second-order valence-corrected chi connectivity index (χ2v) is 4.42. The van der Waals surface area contributed by atoms with Crippen molar-refractivity contribution in [1.82, 2.24) is 25.6 Å². The van der Waals surface area contributed by atoms with Crippen LogP contribution < -0.4 is 10.7 Å². The van der Waals surface area contributed by atoms with E-state index >= 15 is 0 Å². The van der Waals surface area contributed by atoms with Gasteiger partial charge in [-0.05, 0) is 7.05 Å². The van der Waals surface area contributed by atoms with Crippen molar-refractivity contribution >= 4 is 6.03 Å². The van der Waals surface area contributed by atoms with Crippen LogP contribution in [0.3, 0.4) is 0 Å². The first-order valence-corrected chi connectivity index (χ1v) is 5.95. The molecule has 16 heavy (non-hydrogen) atoms. The van der Waals surface area contributed by atoms with Crippen LogP contribution in [0.15, 0.2) is 0 Å². The van der Waals surface area contributed by atoms with E-state index in [1.807, 2.05) is 4.90 Å². The van der Waals surface area contributed by atoms with Gasteiger partial charge in [-0.25, -0.2) is 9.80 Å². The van der Waals surface area contributed by atoms with Gasteiger partial charge in [0.15, 0.2) is 0 Å². The predicted molar refractivity (Wildman–Crippen MR) is 62.0 cm³/mol. The summed E-state index contributed by atoms with van der Waals surface area (Å²) in [7, 11) is 2.14. The number of rotatable bonds is 4. The number of piperazine rings is 1. The van der Waals surface area contributed by atoms with Crippen molar-refractivity contribution in [3.63, 3.8) is 0 Å². The number of nitrogens with zero attached hydrogens (tertiary/aromatic N) is 3. The molecule has 0 aromatic carbocycles. The van der Waals surface area contributed by atoms with Crippen molar-refractivity contribution in [3.05, 3.63) is 0 Å². The summed E-state index contributed by atoms with van der Waals surface area (Å²) in [6.45, 7) is 7.59. The molecule has 2 N–H and O–H groups in total. The van der Waals surface area contributed by atoms with Crippen LogP contribution in [-0.4, -0.2) is 80.2 Å². The van der Waals surface area contributed by atoms with E-state index in [1.165, 1.54) is 0 Å². The van der Waals surface area contributed by atoms with E-state index in [-0.39, 0.29) is 6.03 Å². The number of hydrazine groups is 1. The molecule has 2 amide bonds. The van der Waals surface area contributed by atoms with E-state index in [0.717, 1.165) is 52.4 Å². The van der Waals surface area contributed by atoms with Crippen molar-refractivity contribution < 1.29 is 4.79 Å². The topological polar surface area (TPSA) is 50.9 Å². The van der Waals surface area contributed by atoms with Crippen molar-refractivity contribution in [2.24, 2.45) is 0 Å². The lowest BCUT2D eigenvalue weighted by atomic mass is 10.4. The van der Waals surface area contributed by atoms with E-state index in [4.69, 9.17) is 0 Å². The molecule has 2 aliphatic heterocycles. The Balaban J connectivity index is 1.59. The monoisotopic (exact) mass is 227 g/mol. The van der Waals surface area contributed by atoms with Crippen LogP contribution in [-0.2, 0) is 0 Å². The molecule has 0 spiro atoms. The summed E-state index contributed by atoms with van der Waals surface area (Å²) in [5.41, 5.74) is 3.37. The van der Waals surface area contributed by atoms with Gasteiger partial charge in [-0.2, -0.15) is 0 Å². The number of likely N-dealkylation sites (N-methyl/N-ethyl adjacent to an activating group) is 1. The predicted octanol–water partition coefficient (Wildman–Crippen LogP) is -1.24. The minimum Gasteiger partial charge on any atom is -0.336 e. The van der Waals surface area contributed by atoms with Crippen LogP contribution in [0.5, 0.6) is 0 Å². The number of carbonyl (C=O) groups excluding carboxylic acids is 1. The van der Waals surface area contributed by atoms with Crippen molar-refractivity contribution in [1.29, 1.82) is 0 Å². The van der Waals surface area contributed by atoms with Gasteiger partial charge in [0, 0.05) is 52.4 Å². The fourth-order valence-electron chi connectivity index (χ4n) is 2.03. The lowest BCUT2D eigenvalue weighted by Gasteiger charge is -2.33. The Morgan fingerprint density at radius 3 is 2.62 bits per heavy atom. The molecule has 2 saturated heterocycles. The van der Waals surface area contributed by atoms with Crippen LogP contribution in [0, 0.1) is 0 Å². The van der Waals surface area contributed by atoms with Crippen LogP contribution in [0.2, 0.25) is 0 Å². The standard InChI is InChI=1S/C10H21N5O/c1-13-6-8-15(9-7-13)12-3-5-14-4-2-11-10(14)16/h12H,2-9H2,1H3,(H,11,16). The Hall–Kier alpha value is -0.850. The van der Waals surface area contributed by atoms with Crippen LogP contribution in [0.4, 0.5) is 4.79 Å². The number of urea groups is 1. The Labute approximate surface area is 96.5 Å². The third kappa shape index (κ3) is 3.07. The SMILES string of the molecule is CN1CCN(NCCN2CCNC2=O)CC1. The zero-order chi connectivity index (χ0) is 11.4. The molecule has 0 aromatic rings. The van der Waals surface area contributed by atoms with Gasteiger partial charge >= 0.3 is 6.03 Å². The van der Waals surface area contributed by atoms with Gasteiger partial charge < -0.3 is 15.1 Å². The summed E-state index contributed by atoms with van der Waals surface area (Å²) in [6.07, 6.45) is 0. The molecule has 2 rings (SSSR count). The van der Waals surface area contributed by atoms with Gasteiger partial charge in [0.25, 0.3) is 0 Å². The van der Waals surface area contributed by atoms with E-state index in [0.29, 0.717) is 0 Å². The molecule has 0 atom stereocenters. The molecule has 0 aliphatic carbocycles. The Bertz CT molecular complexity index is 239. The summed E-state index contributed by atoms with van der Waals surface area (Å²) in [5, 5.41) is 5.05. The Morgan fingerprint density at radius 2 is 2.00 bits per heavy atom. The minimum absolute atomic E-state index is 0.0696. The zero-order valence-electron chi connectivity index (χ0n) is 9.91. The van der Waals surface area contributed by atoms with E-state index in [2.05, 4.69) is 27.7 Å². The maximum absolute atomic E-state index is 11.3. The number of hydrogen-bond donors (Lipinski definition) is 2. The third-order valence-electron chi connectivity index (χ3n) is 3.17. The smallest absolute Gasteiger partial charge is 0.317 e. The highest BCUT2D eigenvalue weighted by Gasteiger charge is 2.19. The second kappa shape index (κ2) is 5.47.